The second-order valence-electron chi connectivity index (χ2n) is 3.20. The highest BCUT2D eigenvalue weighted by atomic mass is 16.4. The Morgan fingerprint density at radius 3 is 2.62 bits per heavy atom. The van der Waals surface area contributed by atoms with Crippen LogP contribution in [0.25, 0.3) is 0 Å². The highest BCUT2D eigenvalue weighted by Crippen LogP contribution is 2.20. The average Bonchev–Trinajstić information content (AvgIpc) is 2.47. The smallest absolute Gasteiger partial charge is 0.407 e. The Morgan fingerprint density at radius 2 is 2.08 bits per heavy atom. The maximum atomic E-state index is 10.6. The van der Waals surface area contributed by atoms with E-state index in [1.165, 1.54) is 4.90 Å². The molecule has 0 aromatic carbocycles. The Kier molecular flexibility index (Phi) is 3.11. The molecular weight excluding hydrogens is 174 g/mol. The van der Waals surface area contributed by atoms with Gasteiger partial charge in [-0.3, -0.25) is 4.79 Å². The van der Waals surface area contributed by atoms with Gasteiger partial charge in [0.05, 0.1) is 0 Å². The summed E-state index contributed by atoms with van der Waals surface area (Å²) in [6, 6.07) is -0.0893. The molecule has 1 atom stereocenters. The van der Waals surface area contributed by atoms with Crippen LogP contribution in [-0.4, -0.2) is 39.8 Å². The van der Waals surface area contributed by atoms with E-state index in [4.69, 9.17) is 10.2 Å². The number of likely N-dealkylation sites (tertiary alicyclic amines) is 1. The molecule has 1 unspecified atom stereocenters. The average molecular weight is 187 g/mol. The lowest BCUT2D eigenvalue weighted by Crippen LogP contribution is -2.34. The molecule has 1 rings (SSSR count). The zero-order chi connectivity index (χ0) is 9.84. The molecule has 5 heteroatoms. The second kappa shape index (κ2) is 4.11. The van der Waals surface area contributed by atoms with E-state index >= 15 is 0 Å². The van der Waals surface area contributed by atoms with Gasteiger partial charge in [0.2, 0.25) is 0 Å². The molecule has 0 saturated carbocycles. The molecule has 1 fully saturated rings. The second-order valence-corrected chi connectivity index (χ2v) is 3.20. The number of carboxylic acids is 1. The molecule has 5 nitrogen and oxygen atoms in total. The fraction of sp³-hybridized carbons (Fsp3) is 0.750. The minimum absolute atomic E-state index is 0.0500. The molecule has 1 aliphatic rings. The van der Waals surface area contributed by atoms with E-state index in [0.29, 0.717) is 13.0 Å². The van der Waals surface area contributed by atoms with Crippen molar-refractivity contribution in [1.82, 2.24) is 4.90 Å². The molecule has 0 aliphatic carbocycles. The van der Waals surface area contributed by atoms with Crippen molar-refractivity contribution in [2.75, 3.05) is 6.54 Å². The van der Waals surface area contributed by atoms with Crippen molar-refractivity contribution in [3.63, 3.8) is 0 Å². The van der Waals surface area contributed by atoms with E-state index in [9.17, 15) is 9.59 Å². The monoisotopic (exact) mass is 187 g/mol. The van der Waals surface area contributed by atoms with Gasteiger partial charge in [0.25, 0.3) is 0 Å². The van der Waals surface area contributed by atoms with Crippen molar-refractivity contribution in [2.45, 2.75) is 31.7 Å². The van der Waals surface area contributed by atoms with Crippen molar-refractivity contribution >= 4 is 12.1 Å². The van der Waals surface area contributed by atoms with Gasteiger partial charge in [-0.15, -0.1) is 0 Å². The standard InChI is InChI=1S/C8H13NO4/c10-7(11)4-3-6-2-1-5-9(6)8(12)13/h6H,1-5H2,(H,10,11)(H,12,13). The normalized spacial score (nSPS) is 21.8. The van der Waals surface area contributed by atoms with Crippen LogP contribution in [0.15, 0.2) is 0 Å². The summed E-state index contributed by atoms with van der Waals surface area (Å²) in [6.07, 6.45) is 1.18. The van der Waals surface area contributed by atoms with Crippen LogP contribution in [0.2, 0.25) is 0 Å². The predicted molar refractivity (Wildman–Crippen MR) is 44.6 cm³/mol. The van der Waals surface area contributed by atoms with Crippen molar-refractivity contribution in [3.05, 3.63) is 0 Å². The minimum Gasteiger partial charge on any atom is -0.481 e. The van der Waals surface area contributed by atoms with E-state index in [-0.39, 0.29) is 12.5 Å². The van der Waals surface area contributed by atoms with Gasteiger partial charge >= 0.3 is 12.1 Å². The Hall–Kier alpha value is -1.26. The highest BCUT2D eigenvalue weighted by molar-refractivity contribution is 5.68. The van der Waals surface area contributed by atoms with Gasteiger partial charge in [0.1, 0.15) is 0 Å². The molecule has 1 saturated heterocycles. The lowest BCUT2D eigenvalue weighted by Gasteiger charge is -2.20. The third-order valence-electron chi connectivity index (χ3n) is 2.31. The number of rotatable bonds is 3. The molecule has 13 heavy (non-hydrogen) atoms. The molecular formula is C8H13NO4. The van der Waals surface area contributed by atoms with Crippen LogP contribution in [-0.2, 0) is 4.79 Å². The first-order chi connectivity index (χ1) is 6.11. The lowest BCUT2D eigenvalue weighted by atomic mass is 10.1. The van der Waals surface area contributed by atoms with E-state index < -0.39 is 12.1 Å². The zero-order valence-corrected chi connectivity index (χ0v) is 7.27. The molecule has 2 N–H and O–H groups in total. The number of carbonyl (C=O) groups is 2. The van der Waals surface area contributed by atoms with Crippen LogP contribution in [0.1, 0.15) is 25.7 Å². The lowest BCUT2D eigenvalue weighted by molar-refractivity contribution is -0.137. The van der Waals surface area contributed by atoms with Crippen LogP contribution in [0.4, 0.5) is 4.79 Å². The minimum atomic E-state index is -0.937. The number of aliphatic carboxylic acids is 1. The first-order valence-corrected chi connectivity index (χ1v) is 4.32. The van der Waals surface area contributed by atoms with Gasteiger partial charge in [0, 0.05) is 19.0 Å². The van der Waals surface area contributed by atoms with Crippen molar-refractivity contribution < 1.29 is 19.8 Å². The number of hydrogen-bond acceptors (Lipinski definition) is 2. The first-order valence-electron chi connectivity index (χ1n) is 4.32. The van der Waals surface area contributed by atoms with Gasteiger partial charge in [0.15, 0.2) is 0 Å². The molecule has 1 amide bonds. The molecule has 0 radical (unpaired) electrons. The molecule has 0 spiro atoms. The predicted octanol–water partition coefficient (Wildman–Crippen LogP) is 0.994. The number of nitrogens with zero attached hydrogens (tertiary/aromatic N) is 1. The van der Waals surface area contributed by atoms with E-state index in [0.717, 1.165) is 12.8 Å². The summed E-state index contributed by atoms with van der Waals surface area (Å²) in [7, 11) is 0. The quantitative estimate of drug-likeness (QED) is 0.690. The summed E-state index contributed by atoms with van der Waals surface area (Å²) in [5.41, 5.74) is 0. The topological polar surface area (TPSA) is 77.8 Å². The van der Waals surface area contributed by atoms with Gasteiger partial charge in [-0.2, -0.15) is 0 Å². The largest absolute Gasteiger partial charge is 0.481 e. The van der Waals surface area contributed by atoms with Gasteiger partial charge in [-0.25, -0.2) is 4.79 Å². The molecule has 0 aromatic rings. The Labute approximate surface area is 76.0 Å². The van der Waals surface area contributed by atoms with Gasteiger partial charge in [-0.1, -0.05) is 0 Å². The zero-order valence-electron chi connectivity index (χ0n) is 7.27. The van der Waals surface area contributed by atoms with Crippen LogP contribution in [0.3, 0.4) is 0 Å². The van der Waals surface area contributed by atoms with Gasteiger partial charge in [-0.05, 0) is 19.3 Å². The molecule has 0 bridgehead atoms. The molecule has 74 valence electrons. The van der Waals surface area contributed by atoms with Gasteiger partial charge < -0.3 is 15.1 Å². The van der Waals surface area contributed by atoms with E-state index in [2.05, 4.69) is 0 Å². The Morgan fingerprint density at radius 1 is 1.38 bits per heavy atom. The van der Waals surface area contributed by atoms with Crippen molar-refractivity contribution in [3.8, 4) is 0 Å². The van der Waals surface area contributed by atoms with Crippen LogP contribution in [0.5, 0.6) is 0 Å². The number of hydrogen-bond donors (Lipinski definition) is 2. The molecule has 0 aromatic heterocycles. The SMILES string of the molecule is O=C(O)CCC1CCCN1C(=O)O. The summed E-state index contributed by atoms with van der Waals surface area (Å²) in [4.78, 5) is 22.2. The number of amides is 1. The summed E-state index contributed by atoms with van der Waals surface area (Å²) >= 11 is 0. The first kappa shape index (κ1) is 9.83. The third kappa shape index (κ3) is 2.61. The Balaban J connectivity index is 2.39. The fourth-order valence-corrected chi connectivity index (χ4v) is 1.68. The van der Waals surface area contributed by atoms with E-state index in [1.54, 1.807) is 0 Å². The maximum Gasteiger partial charge on any atom is 0.407 e. The summed E-state index contributed by atoms with van der Waals surface area (Å²) < 4.78 is 0. The van der Waals surface area contributed by atoms with Crippen molar-refractivity contribution in [1.29, 1.82) is 0 Å². The number of carboxylic acid groups (broad SMARTS) is 2. The Bertz CT molecular complexity index is 216. The van der Waals surface area contributed by atoms with Crippen LogP contribution in [0, 0.1) is 0 Å². The van der Waals surface area contributed by atoms with Crippen molar-refractivity contribution in [2.24, 2.45) is 0 Å². The third-order valence-corrected chi connectivity index (χ3v) is 2.31. The van der Waals surface area contributed by atoms with E-state index in [1.807, 2.05) is 0 Å². The fourth-order valence-electron chi connectivity index (χ4n) is 1.68. The maximum absolute atomic E-state index is 10.6. The summed E-state index contributed by atoms with van der Waals surface area (Å²) in [6.45, 7) is 0.541. The summed E-state index contributed by atoms with van der Waals surface area (Å²) in [5, 5.41) is 17.2. The summed E-state index contributed by atoms with van der Waals surface area (Å²) in [5.74, 6) is -0.864. The molecule has 1 heterocycles. The highest BCUT2D eigenvalue weighted by Gasteiger charge is 2.28. The van der Waals surface area contributed by atoms with Crippen LogP contribution >= 0.6 is 0 Å². The van der Waals surface area contributed by atoms with Crippen LogP contribution < -0.4 is 0 Å². The molecule has 1 aliphatic heterocycles.